The first-order valence-corrected chi connectivity index (χ1v) is 5.82. The highest BCUT2D eigenvalue weighted by atomic mass is 16.5. The van der Waals surface area contributed by atoms with E-state index in [9.17, 15) is 4.79 Å². The second-order valence-electron chi connectivity index (χ2n) is 3.95. The third-order valence-corrected chi connectivity index (χ3v) is 2.48. The van der Waals surface area contributed by atoms with Gasteiger partial charge < -0.3 is 20.7 Å². The van der Waals surface area contributed by atoms with Gasteiger partial charge in [-0.05, 0) is 33.0 Å². The first-order valence-electron chi connectivity index (χ1n) is 5.82. The Balaban J connectivity index is 3.69. The van der Waals surface area contributed by atoms with Crippen LogP contribution in [0.1, 0.15) is 19.8 Å². The summed E-state index contributed by atoms with van der Waals surface area (Å²) in [4.78, 5) is 13.3. The van der Waals surface area contributed by atoms with Crippen molar-refractivity contribution in [2.24, 2.45) is 5.73 Å². The van der Waals surface area contributed by atoms with Gasteiger partial charge in [-0.15, -0.1) is 0 Å². The molecule has 5 nitrogen and oxygen atoms in total. The van der Waals surface area contributed by atoms with Gasteiger partial charge in [0, 0.05) is 20.3 Å². The minimum Gasteiger partial charge on any atom is -0.385 e. The van der Waals surface area contributed by atoms with Crippen molar-refractivity contribution < 1.29 is 9.53 Å². The van der Waals surface area contributed by atoms with E-state index < -0.39 is 0 Å². The standard InChI is InChI=1S/C11H25N3O2/c1-4-13-10(11(12)15)6-8-14(2)7-5-9-16-3/h10,13H,4-9H2,1-3H3,(H2,12,15). The lowest BCUT2D eigenvalue weighted by Gasteiger charge is -2.20. The largest absolute Gasteiger partial charge is 0.385 e. The van der Waals surface area contributed by atoms with E-state index in [0.29, 0.717) is 0 Å². The quantitative estimate of drug-likeness (QED) is 0.511. The van der Waals surface area contributed by atoms with E-state index in [1.165, 1.54) is 0 Å². The first kappa shape index (κ1) is 15.3. The molecule has 5 heteroatoms. The third-order valence-electron chi connectivity index (χ3n) is 2.48. The van der Waals surface area contributed by atoms with E-state index in [2.05, 4.69) is 10.2 Å². The van der Waals surface area contributed by atoms with E-state index in [1.807, 2.05) is 14.0 Å². The van der Waals surface area contributed by atoms with Gasteiger partial charge in [-0.1, -0.05) is 6.92 Å². The Kier molecular flexibility index (Phi) is 9.18. The van der Waals surface area contributed by atoms with Gasteiger partial charge in [0.05, 0.1) is 6.04 Å². The van der Waals surface area contributed by atoms with E-state index in [0.717, 1.165) is 39.1 Å². The first-order chi connectivity index (χ1) is 7.61. The molecule has 16 heavy (non-hydrogen) atoms. The van der Waals surface area contributed by atoms with Crippen molar-refractivity contribution >= 4 is 5.91 Å². The van der Waals surface area contributed by atoms with Crippen LogP contribution in [-0.4, -0.2) is 57.2 Å². The molecule has 1 unspecified atom stereocenters. The van der Waals surface area contributed by atoms with Crippen molar-refractivity contribution in [1.82, 2.24) is 10.2 Å². The van der Waals surface area contributed by atoms with Crippen molar-refractivity contribution in [3.8, 4) is 0 Å². The lowest BCUT2D eigenvalue weighted by Crippen LogP contribution is -2.43. The van der Waals surface area contributed by atoms with Gasteiger partial charge in [-0.2, -0.15) is 0 Å². The molecule has 0 spiro atoms. The Labute approximate surface area is 98.3 Å². The Morgan fingerprint density at radius 2 is 2.19 bits per heavy atom. The molecule has 1 atom stereocenters. The zero-order chi connectivity index (χ0) is 12.4. The summed E-state index contributed by atoms with van der Waals surface area (Å²) in [5.74, 6) is -0.271. The summed E-state index contributed by atoms with van der Waals surface area (Å²) >= 11 is 0. The van der Waals surface area contributed by atoms with E-state index in [1.54, 1.807) is 7.11 Å². The van der Waals surface area contributed by atoms with Gasteiger partial charge in [-0.3, -0.25) is 4.79 Å². The number of nitrogens with one attached hydrogen (secondary N) is 1. The Bertz CT molecular complexity index is 188. The molecule has 0 aromatic carbocycles. The highest BCUT2D eigenvalue weighted by Gasteiger charge is 2.13. The van der Waals surface area contributed by atoms with Gasteiger partial charge in [0.15, 0.2) is 0 Å². The van der Waals surface area contributed by atoms with Crippen LogP contribution < -0.4 is 11.1 Å². The zero-order valence-corrected chi connectivity index (χ0v) is 10.7. The van der Waals surface area contributed by atoms with Crippen molar-refractivity contribution in [3.05, 3.63) is 0 Å². The molecule has 0 aliphatic rings. The van der Waals surface area contributed by atoms with Gasteiger partial charge >= 0.3 is 0 Å². The molecule has 0 aromatic heterocycles. The van der Waals surface area contributed by atoms with Gasteiger partial charge in [0.2, 0.25) is 5.91 Å². The number of ether oxygens (including phenoxy) is 1. The lowest BCUT2D eigenvalue weighted by atomic mass is 10.2. The number of carbonyl (C=O) groups excluding carboxylic acids is 1. The molecule has 96 valence electrons. The molecule has 0 saturated carbocycles. The molecule has 0 radical (unpaired) electrons. The maximum atomic E-state index is 11.1. The molecule has 3 N–H and O–H groups in total. The third kappa shape index (κ3) is 7.62. The number of rotatable bonds is 10. The zero-order valence-electron chi connectivity index (χ0n) is 10.7. The number of amides is 1. The average molecular weight is 231 g/mol. The lowest BCUT2D eigenvalue weighted by molar-refractivity contribution is -0.120. The smallest absolute Gasteiger partial charge is 0.234 e. The second-order valence-corrected chi connectivity index (χ2v) is 3.95. The van der Waals surface area contributed by atoms with Crippen LogP contribution in [0.15, 0.2) is 0 Å². The van der Waals surface area contributed by atoms with E-state index in [4.69, 9.17) is 10.5 Å². The number of primary amides is 1. The molecule has 0 bridgehead atoms. The van der Waals surface area contributed by atoms with Crippen LogP contribution in [0, 0.1) is 0 Å². The average Bonchev–Trinajstić information content (AvgIpc) is 2.24. The minimum absolute atomic E-state index is 0.213. The van der Waals surface area contributed by atoms with Crippen molar-refractivity contribution in [2.45, 2.75) is 25.8 Å². The molecule has 0 rings (SSSR count). The number of nitrogens with zero attached hydrogens (tertiary/aromatic N) is 1. The normalized spacial score (nSPS) is 13.0. The highest BCUT2D eigenvalue weighted by Crippen LogP contribution is 1.96. The molecule has 1 amide bonds. The van der Waals surface area contributed by atoms with Gasteiger partial charge in [0.25, 0.3) is 0 Å². The highest BCUT2D eigenvalue weighted by molar-refractivity contribution is 5.79. The molecule has 0 aromatic rings. The van der Waals surface area contributed by atoms with Gasteiger partial charge in [-0.25, -0.2) is 0 Å². The van der Waals surface area contributed by atoms with Crippen LogP contribution in [0.3, 0.4) is 0 Å². The van der Waals surface area contributed by atoms with Crippen molar-refractivity contribution in [1.29, 1.82) is 0 Å². The van der Waals surface area contributed by atoms with Crippen molar-refractivity contribution in [3.63, 3.8) is 0 Å². The van der Waals surface area contributed by atoms with Crippen LogP contribution in [0.5, 0.6) is 0 Å². The molecule has 0 fully saturated rings. The van der Waals surface area contributed by atoms with E-state index >= 15 is 0 Å². The summed E-state index contributed by atoms with van der Waals surface area (Å²) in [6, 6.07) is -0.213. The molecule has 0 aliphatic carbocycles. The number of hydrogen-bond donors (Lipinski definition) is 2. The maximum absolute atomic E-state index is 11.1. The SMILES string of the molecule is CCNC(CCN(C)CCCOC)C(N)=O. The Morgan fingerprint density at radius 1 is 1.50 bits per heavy atom. The van der Waals surface area contributed by atoms with Gasteiger partial charge in [0.1, 0.15) is 0 Å². The minimum atomic E-state index is -0.271. The van der Waals surface area contributed by atoms with Crippen LogP contribution in [0.25, 0.3) is 0 Å². The maximum Gasteiger partial charge on any atom is 0.234 e. The van der Waals surface area contributed by atoms with Crippen molar-refractivity contribution in [2.75, 3.05) is 40.4 Å². The molecule has 0 aliphatic heterocycles. The summed E-state index contributed by atoms with van der Waals surface area (Å²) in [7, 11) is 3.74. The topological polar surface area (TPSA) is 67.6 Å². The van der Waals surface area contributed by atoms with E-state index in [-0.39, 0.29) is 11.9 Å². The Hall–Kier alpha value is -0.650. The predicted octanol–water partition coefficient (Wildman–Crippen LogP) is -0.192. The van der Waals surface area contributed by atoms with Crippen LogP contribution in [-0.2, 0) is 9.53 Å². The molecule has 0 saturated heterocycles. The number of carbonyl (C=O) groups is 1. The fourth-order valence-electron chi connectivity index (χ4n) is 1.53. The number of methoxy groups -OCH3 is 1. The summed E-state index contributed by atoms with van der Waals surface area (Å²) in [6.07, 6.45) is 1.77. The fraction of sp³-hybridized carbons (Fsp3) is 0.909. The number of hydrogen-bond acceptors (Lipinski definition) is 4. The Morgan fingerprint density at radius 3 is 2.69 bits per heavy atom. The van der Waals surface area contributed by atoms with Crippen LogP contribution in [0.4, 0.5) is 0 Å². The fourth-order valence-corrected chi connectivity index (χ4v) is 1.53. The monoisotopic (exact) mass is 231 g/mol. The summed E-state index contributed by atoms with van der Waals surface area (Å²) in [5, 5.41) is 3.08. The summed E-state index contributed by atoms with van der Waals surface area (Å²) < 4.78 is 4.98. The molecule has 0 heterocycles. The summed E-state index contributed by atoms with van der Waals surface area (Å²) in [5.41, 5.74) is 5.29. The second kappa shape index (κ2) is 9.57. The number of nitrogens with two attached hydrogens (primary N) is 1. The van der Waals surface area contributed by atoms with Crippen LogP contribution >= 0.6 is 0 Å². The van der Waals surface area contributed by atoms with Crippen LogP contribution in [0.2, 0.25) is 0 Å². The molecular weight excluding hydrogens is 206 g/mol. The number of likely N-dealkylation sites (N-methyl/N-ethyl adjacent to an activating group) is 1. The predicted molar refractivity (Wildman–Crippen MR) is 65.3 cm³/mol. The summed E-state index contributed by atoms with van der Waals surface area (Å²) in [6.45, 7) is 5.35. The molecular formula is C11H25N3O2.